The normalized spacial score (nSPS) is 16.3. The molecule has 0 spiro atoms. The molecule has 3 heteroatoms. The van der Waals surface area contributed by atoms with Crippen LogP contribution in [0.25, 0.3) is 0 Å². The van der Waals surface area contributed by atoms with Crippen LogP contribution in [-0.4, -0.2) is 34.9 Å². The number of halogens is 1. The summed E-state index contributed by atoms with van der Waals surface area (Å²) in [5.41, 5.74) is 0. The average Bonchev–Trinajstić information content (AvgIpc) is 2.43. The molecule has 0 aromatic rings. The molecule has 0 aliphatic heterocycles. The molecule has 0 amide bonds. The van der Waals surface area contributed by atoms with Crippen molar-refractivity contribution in [3.05, 3.63) is 0 Å². The minimum absolute atomic E-state index is 0. The number of rotatable bonds is 2. The van der Waals surface area contributed by atoms with Gasteiger partial charge in [0.05, 0.1) is 0 Å². The van der Waals surface area contributed by atoms with Crippen molar-refractivity contribution in [3.63, 3.8) is 0 Å². The molecule has 0 aromatic carbocycles. The van der Waals surface area contributed by atoms with Crippen LogP contribution in [0, 0.1) is 0 Å². The third kappa shape index (κ3) is 11.0. The van der Waals surface area contributed by atoms with Gasteiger partial charge in [0.25, 0.3) is 0 Å². The van der Waals surface area contributed by atoms with Crippen molar-refractivity contribution in [3.8, 4) is 0 Å². The zero-order valence-electron chi connectivity index (χ0n) is 8.31. The molecule has 0 radical (unpaired) electrons. The van der Waals surface area contributed by atoms with Crippen molar-refractivity contribution >= 4 is 21.7 Å². The van der Waals surface area contributed by atoms with E-state index < -0.39 is 0 Å². The summed E-state index contributed by atoms with van der Waals surface area (Å²) in [5, 5.41) is 0. The van der Waals surface area contributed by atoms with Crippen molar-refractivity contribution in [2.24, 2.45) is 0 Å². The van der Waals surface area contributed by atoms with Crippen molar-refractivity contribution in [2.45, 2.75) is 43.6 Å². The van der Waals surface area contributed by atoms with Gasteiger partial charge < -0.3 is 17.1 Å². The molecule has 1 fully saturated rings. The van der Waals surface area contributed by atoms with E-state index in [1.807, 2.05) is 13.8 Å². The average molecular weight is 203 g/mol. The molecule has 0 N–H and O–H groups in total. The number of hydrogen-bond donors (Lipinski definition) is 0. The van der Waals surface area contributed by atoms with Gasteiger partial charge in [0.2, 0.25) is 0 Å². The van der Waals surface area contributed by atoms with Gasteiger partial charge in [-0.15, -0.1) is 0 Å². The van der Waals surface area contributed by atoms with E-state index in [2.05, 4.69) is 21.7 Å². The van der Waals surface area contributed by atoms with Crippen LogP contribution in [-0.2, 0) is 4.74 Å². The zero-order valence-corrected chi connectivity index (χ0v) is 10.5. The molecule has 70 valence electrons. The molecule has 1 aliphatic carbocycles. The van der Waals surface area contributed by atoms with Gasteiger partial charge in [-0.05, 0) is 13.8 Å². The van der Waals surface area contributed by atoms with Gasteiger partial charge in [0.1, 0.15) is 0 Å². The first-order chi connectivity index (χ1) is 5.31. The van der Waals surface area contributed by atoms with E-state index in [-0.39, 0.29) is 12.4 Å². The van der Waals surface area contributed by atoms with E-state index in [9.17, 15) is 0 Å². The Labute approximate surface area is 95.5 Å². The molecule has 0 saturated heterocycles. The Kier molecular flexibility index (Phi) is 15.5. The van der Waals surface area contributed by atoms with Crippen LogP contribution < -0.4 is 12.4 Å². The molecule has 12 heavy (non-hydrogen) atoms. The van der Waals surface area contributed by atoms with Gasteiger partial charge in [-0.25, -0.2) is 0 Å². The minimum atomic E-state index is 0. The maximum absolute atomic E-state index is 4.83. The van der Waals surface area contributed by atoms with Gasteiger partial charge in [-0.3, -0.25) is 0 Å². The predicted octanol–water partition coefficient (Wildman–Crippen LogP) is -0.436. The van der Waals surface area contributed by atoms with E-state index >= 15 is 0 Å². The fourth-order valence-electron chi connectivity index (χ4n) is 1.21. The van der Waals surface area contributed by atoms with Crippen molar-refractivity contribution < 1.29 is 17.1 Å². The van der Waals surface area contributed by atoms with Crippen LogP contribution in [0.5, 0.6) is 0 Å². The molecule has 1 nitrogen and oxygen atoms in total. The van der Waals surface area contributed by atoms with Gasteiger partial charge >= 0.3 is 51.4 Å². The second-order valence-electron chi connectivity index (χ2n) is 2.93. The Morgan fingerprint density at radius 2 is 1.58 bits per heavy atom. The van der Waals surface area contributed by atoms with Gasteiger partial charge in [-0.2, -0.15) is 0 Å². The summed E-state index contributed by atoms with van der Waals surface area (Å²) in [4.78, 5) is 0. The first-order valence-corrected chi connectivity index (χ1v) is 5.53. The Morgan fingerprint density at radius 1 is 1.17 bits per heavy atom. The first-order valence-electron chi connectivity index (χ1n) is 4.72. The fraction of sp³-hybridized carbons (Fsp3) is 1.00. The second-order valence-corrected chi connectivity index (χ2v) is 4.09. The van der Waals surface area contributed by atoms with Crippen molar-refractivity contribution in [1.29, 1.82) is 0 Å². The van der Waals surface area contributed by atoms with Crippen LogP contribution >= 0.6 is 0 Å². The Hall–Kier alpha value is 1.02. The van der Waals surface area contributed by atoms with Crippen LogP contribution in [0.15, 0.2) is 0 Å². The molecule has 0 unspecified atom stereocenters. The van der Waals surface area contributed by atoms with E-state index in [1.54, 1.807) is 0 Å². The molecule has 1 aliphatic rings. The number of hydrogen-bond acceptors (Lipinski definition) is 1. The summed E-state index contributed by atoms with van der Waals surface area (Å²) in [6, 6.07) is 0. The molecular weight excluding hydrogens is 184 g/mol. The topological polar surface area (TPSA) is 9.23 Å². The van der Waals surface area contributed by atoms with Crippen LogP contribution in [0.2, 0.25) is 4.05 Å². The monoisotopic (exact) mass is 202 g/mol. The van der Waals surface area contributed by atoms with E-state index in [0.29, 0.717) is 0 Å². The molecule has 1 rings (SSSR count). The van der Waals surface area contributed by atoms with Gasteiger partial charge in [-0.1, -0.05) is 0 Å². The molecule has 1 saturated carbocycles. The van der Waals surface area contributed by atoms with Gasteiger partial charge in [0, 0.05) is 13.2 Å². The van der Waals surface area contributed by atoms with Gasteiger partial charge in [0.15, 0.2) is 0 Å². The van der Waals surface area contributed by atoms with Crippen LogP contribution in [0.3, 0.4) is 0 Å². The third-order valence-corrected chi connectivity index (χ3v) is 2.70. The summed E-state index contributed by atoms with van der Waals surface area (Å²) in [6.07, 6.45) is 5.99. The summed E-state index contributed by atoms with van der Waals surface area (Å²) in [5.74, 6) is 0. The Bertz CT molecular complexity index is 72.9. The Balaban J connectivity index is 0. The fourth-order valence-corrected chi connectivity index (χ4v) is 1.79. The zero-order chi connectivity index (χ0) is 8.53. The standard InChI is InChI=1S/C5H9.C4H10O.ClH.Mg/c1-2-4-5-3-1;1-3-5-4-2;;/h1H,2-5H2;3-4H2,1-2H3;1H;/q;;;+1/p-1. The summed E-state index contributed by atoms with van der Waals surface area (Å²) in [7, 11) is 0. The molecule has 0 atom stereocenters. The quantitative estimate of drug-likeness (QED) is 0.553. The van der Waals surface area contributed by atoms with E-state index in [0.717, 1.165) is 17.3 Å². The number of ether oxygens (including phenoxy) is 1. The Morgan fingerprint density at radius 3 is 1.67 bits per heavy atom. The van der Waals surface area contributed by atoms with Crippen molar-refractivity contribution in [2.75, 3.05) is 13.2 Å². The third-order valence-electron chi connectivity index (χ3n) is 1.88. The predicted molar refractivity (Wildman–Crippen MR) is 50.1 cm³/mol. The first kappa shape index (κ1) is 15.5. The SMILES string of the molecule is CCOCC.[Cl-].[Mg+][CH]1CCCC1. The molecule has 0 heterocycles. The van der Waals surface area contributed by atoms with Crippen LogP contribution in [0.4, 0.5) is 0 Å². The second kappa shape index (κ2) is 12.0. The van der Waals surface area contributed by atoms with Crippen molar-refractivity contribution in [1.82, 2.24) is 0 Å². The summed E-state index contributed by atoms with van der Waals surface area (Å²) in [6.45, 7) is 5.67. The molecular formula is C9H19ClMgO. The molecule has 0 bridgehead atoms. The summed E-state index contributed by atoms with van der Waals surface area (Å²) < 4.78 is 5.91. The summed E-state index contributed by atoms with van der Waals surface area (Å²) >= 11 is 2.16. The molecule has 0 aromatic heterocycles. The van der Waals surface area contributed by atoms with E-state index in [4.69, 9.17) is 4.74 Å². The van der Waals surface area contributed by atoms with Crippen LogP contribution in [0.1, 0.15) is 39.5 Å². The van der Waals surface area contributed by atoms with E-state index in [1.165, 1.54) is 25.7 Å². The maximum atomic E-state index is 4.83.